The van der Waals surface area contributed by atoms with E-state index >= 15 is 0 Å². The number of benzene rings is 2. The predicted octanol–water partition coefficient (Wildman–Crippen LogP) is 5.25. The smallest absolute Gasteiger partial charge is 0.231 e. The first-order valence-electron chi connectivity index (χ1n) is 10.6. The molecule has 0 spiro atoms. The minimum absolute atomic E-state index is 0.238. The molecule has 4 aromatic rings. The quantitative estimate of drug-likeness (QED) is 0.243. The van der Waals surface area contributed by atoms with Gasteiger partial charge in [0.2, 0.25) is 5.95 Å². The van der Waals surface area contributed by atoms with E-state index in [1.807, 2.05) is 49.4 Å². The van der Waals surface area contributed by atoms with Gasteiger partial charge in [-0.05, 0) is 55.3 Å². The second-order valence-corrected chi connectivity index (χ2v) is 7.30. The molecule has 2 heterocycles. The lowest BCUT2D eigenvalue weighted by Gasteiger charge is -2.11. The first-order valence-corrected chi connectivity index (χ1v) is 10.6. The molecule has 7 nitrogen and oxygen atoms in total. The first-order chi connectivity index (χ1) is 16.2. The van der Waals surface area contributed by atoms with Gasteiger partial charge >= 0.3 is 0 Å². The highest BCUT2D eigenvalue weighted by Crippen LogP contribution is 2.19. The Morgan fingerprint density at radius 1 is 0.909 bits per heavy atom. The zero-order valence-electron chi connectivity index (χ0n) is 18.2. The topological polar surface area (TPSA) is 87.1 Å². The Balaban J connectivity index is 1.50. The van der Waals surface area contributed by atoms with Crippen molar-refractivity contribution in [2.75, 3.05) is 22.6 Å². The van der Waals surface area contributed by atoms with E-state index in [-0.39, 0.29) is 5.82 Å². The molecule has 2 aromatic carbocycles. The molecule has 0 aliphatic heterocycles. The van der Waals surface area contributed by atoms with Gasteiger partial charge in [-0.3, -0.25) is 10.4 Å². The van der Waals surface area contributed by atoms with E-state index in [0.29, 0.717) is 24.1 Å². The summed E-state index contributed by atoms with van der Waals surface area (Å²) in [5, 5.41) is 11.0. The number of pyridine rings is 1. The molecular weight excluding hydrogens is 417 g/mol. The lowest BCUT2D eigenvalue weighted by molar-refractivity contribution is 0.627. The lowest BCUT2D eigenvalue weighted by atomic mass is 10.1. The van der Waals surface area contributed by atoms with E-state index in [2.05, 4.69) is 36.1 Å². The molecule has 0 amide bonds. The van der Waals surface area contributed by atoms with Crippen molar-refractivity contribution in [1.29, 1.82) is 0 Å². The van der Waals surface area contributed by atoms with Gasteiger partial charge in [-0.1, -0.05) is 30.3 Å². The summed E-state index contributed by atoms with van der Waals surface area (Å²) in [4.78, 5) is 13.1. The number of hydrogen-bond acceptors (Lipinski definition) is 7. The van der Waals surface area contributed by atoms with Crippen LogP contribution in [0.3, 0.4) is 0 Å². The number of anilines is 4. The van der Waals surface area contributed by atoms with Crippen LogP contribution < -0.4 is 16.1 Å². The average Bonchev–Trinajstić information content (AvgIpc) is 2.85. The fourth-order valence-corrected chi connectivity index (χ4v) is 3.09. The molecule has 0 saturated heterocycles. The van der Waals surface area contributed by atoms with E-state index in [9.17, 15) is 4.39 Å². The van der Waals surface area contributed by atoms with Crippen LogP contribution in [0.4, 0.5) is 27.7 Å². The van der Waals surface area contributed by atoms with Crippen molar-refractivity contribution in [3.8, 4) is 0 Å². The van der Waals surface area contributed by atoms with Gasteiger partial charge in [0, 0.05) is 36.3 Å². The summed E-state index contributed by atoms with van der Waals surface area (Å²) in [6, 6.07) is 21.8. The van der Waals surface area contributed by atoms with Crippen LogP contribution in [0.15, 0.2) is 90.3 Å². The second-order valence-electron chi connectivity index (χ2n) is 7.30. The molecule has 0 atom stereocenters. The predicted molar refractivity (Wildman–Crippen MR) is 130 cm³/mol. The Morgan fingerprint density at radius 2 is 1.64 bits per heavy atom. The third-order valence-corrected chi connectivity index (χ3v) is 4.83. The molecule has 2 aromatic heterocycles. The lowest BCUT2D eigenvalue weighted by Crippen LogP contribution is -2.10. The van der Waals surface area contributed by atoms with Gasteiger partial charge in [-0.15, -0.1) is 0 Å². The number of hydrogen-bond donors (Lipinski definition) is 3. The molecule has 8 heteroatoms. The van der Waals surface area contributed by atoms with Crippen molar-refractivity contribution in [1.82, 2.24) is 15.0 Å². The maximum atomic E-state index is 13.1. The van der Waals surface area contributed by atoms with E-state index < -0.39 is 0 Å². The maximum Gasteiger partial charge on any atom is 0.231 e. The number of hydrazone groups is 1. The standard InChI is InChI=1S/C25H24FN7/c1-18(20-12-14-27-15-13-20)32-33-24-17-23(28-16-11-19-7-9-21(26)10-8-19)30-25(31-24)29-22-5-3-2-4-6-22/h2-10,12-15,17H,11,16H2,1H3,(H3,28,29,30,31,33). The minimum atomic E-state index is -0.238. The first kappa shape index (κ1) is 21.9. The van der Waals surface area contributed by atoms with E-state index in [4.69, 9.17) is 0 Å². The fourth-order valence-electron chi connectivity index (χ4n) is 3.09. The second kappa shape index (κ2) is 10.8. The van der Waals surface area contributed by atoms with Crippen LogP contribution in [0.2, 0.25) is 0 Å². The van der Waals surface area contributed by atoms with Crippen molar-refractivity contribution >= 4 is 29.0 Å². The van der Waals surface area contributed by atoms with Crippen molar-refractivity contribution in [2.45, 2.75) is 13.3 Å². The number of nitrogens with one attached hydrogen (secondary N) is 3. The summed E-state index contributed by atoms with van der Waals surface area (Å²) in [6.45, 7) is 2.54. The highest BCUT2D eigenvalue weighted by atomic mass is 19.1. The molecule has 33 heavy (non-hydrogen) atoms. The van der Waals surface area contributed by atoms with Crippen LogP contribution in [0.25, 0.3) is 0 Å². The molecule has 0 aliphatic carbocycles. The van der Waals surface area contributed by atoms with Crippen LogP contribution in [-0.4, -0.2) is 27.2 Å². The highest BCUT2D eigenvalue weighted by molar-refractivity contribution is 5.98. The molecular formula is C25H24FN7. The number of rotatable bonds is 9. The van der Waals surface area contributed by atoms with Crippen LogP contribution in [0.5, 0.6) is 0 Å². The molecule has 0 fully saturated rings. The van der Waals surface area contributed by atoms with Crippen molar-refractivity contribution in [3.63, 3.8) is 0 Å². The molecule has 3 N–H and O–H groups in total. The molecule has 0 saturated carbocycles. The van der Waals surface area contributed by atoms with Crippen molar-refractivity contribution in [2.24, 2.45) is 5.10 Å². The van der Waals surface area contributed by atoms with E-state index in [1.165, 1.54) is 12.1 Å². The van der Waals surface area contributed by atoms with Crippen LogP contribution in [-0.2, 0) is 6.42 Å². The van der Waals surface area contributed by atoms with E-state index in [0.717, 1.165) is 28.9 Å². The summed E-state index contributed by atoms with van der Waals surface area (Å²) in [5.41, 5.74) is 6.70. The van der Waals surface area contributed by atoms with Crippen LogP contribution in [0.1, 0.15) is 18.1 Å². The largest absolute Gasteiger partial charge is 0.370 e. The average molecular weight is 442 g/mol. The Kier molecular flexibility index (Phi) is 7.17. The Bertz CT molecular complexity index is 1200. The van der Waals surface area contributed by atoms with Gasteiger partial charge in [0.15, 0.2) is 5.82 Å². The maximum absolute atomic E-state index is 13.1. The monoisotopic (exact) mass is 441 g/mol. The van der Waals surface area contributed by atoms with Crippen LogP contribution in [0, 0.1) is 5.82 Å². The third kappa shape index (κ3) is 6.57. The van der Waals surface area contributed by atoms with Gasteiger partial charge < -0.3 is 10.6 Å². The summed E-state index contributed by atoms with van der Waals surface area (Å²) in [5.74, 6) is 1.38. The van der Waals surface area contributed by atoms with Crippen molar-refractivity contribution in [3.05, 3.63) is 102 Å². The number of aromatic nitrogens is 3. The number of halogens is 1. The Labute approximate surface area is 191 Å². The van der Waals surface area contributed by atoms with Gasteiger partial charge in [0.05, 0.1) is 5.71 Å². The van der Waals surface area contributed by atoms with Gasteiger partial charge in [0.25, 0.3) is 0 Å². The Morgan fingerprint density at radius 3 is 2.39 bits per heavy atom. The number of para-hydroxylation sites is 1. The Hall–Kier alpha value is -4.33. The summed E-state index contributed by atoms with van der Waals surface area (Å²) in [7, 11) is 0. The normalized spacial score (nSPS) is 11.2. The SMILES string of the molecule is CC(=NNc1cc(NCCc2ccc(F)cc2)nc(Nc2ccccc2)n1)c1ccncc1. The van der Waals surface area contributed by atoms with Gasteiger partial charge in [-0.25, -0.2) is 4.39 Å². The molecule has 0 aliphatic rings. The zero-order valence-corrected chi connectivity index (χ0v) is 18.2. The fraction of sp³-hybridized carbons (Fsp3) is 0.120. The van der Waals surface area contributed by atoms with Crippen LogP contribution >= 0.6 is 0 Å². The van der Waals surface area contributed by atoms with E-state index in [1.54, 1.807) is 30.6 Å². The van der Waals surface area contributed by atoms with Gasteiger partial charge in [-0.2, -0.15) is 15.1 Å². The minimum Gasteiger partial charge on any atom is -0.370 e. The molecule has 166 valence electrons. The van der Waals surface area contributed by atoms with Gasteiger partial charge in [0.1, 0.15) is 11.6 Å². The summed E-state index contributed by atoms with van der Waals surface area (Å²) >= 11 is 0. The molecule has 0 unspecified atom stereocenters. The molecule has 0 radical (unpaired) electrons. The summed E-state index contributed by atoms with van der Waals surface area (Å²) in [6.07, 6.45) is 4.18. The molecule has 0 bridgehead atoms. The zero-order chi connectivity index (χ0) is 22.9. The van der Waals surface area contributed by atoms with Crippen molar-refractivity contribution < 1.29 is 4.39 Å². The number of nitrogens with zero attached hydrogens (tertiary/aromatic N) is 4. The summed E-state index contributed by atoms with van der Waals surface area (Å²) < 4.78 is 13.1. The molecule has 4 rings (SSSR count). The third-order valence-electron chi connectivity index (χ3n) is 4.83. The highest BCUT2D eigenvalue weighted by Gasteiger charge is 2.06.